The van der Waals surface area contributed by atoms with Gasteiger partial charge < -0.3 is 4.74 Å². The Bertz CT molecular complexity index is 605. The smallest absolute Gasteiger partial charge is 0.350 e. The van der Waals surface area contributed by atoms with E-state index in [1.807, 2.05) is 43.3 Å². The van der Waals surface area contributed by atoms with Crippen molar-refractivity contribution >= 4 is 23.1 Å². The van der Waals surface area contributed by atoms with Crippen LogP contribution in [0.15, 0.2) is 54.6 Å². The van der Waals surface area contributed by atoms with Crippen LogP contribution >= 0.6 is 12.2 Å². The molecule has 0 saturated carbocycles. The Morgan fingerprint density at radius 1 is 1.05 bits per heavy atom. The number of rotatable bonds is 5. The Morgan fingerprint density at radius 3 is 2.45 bits per heavy atom. The highest BCUT2D eigenvalue weighted by atomic mass is 32.1. The van der Waals surface area contributed by atoms with E-state index in [0.29, 0.717) is 17.0 Å². The molecule has 3 heteroatoms. The topological polar surface area (TPSA) is 26.3 Å². The SMILES string of the molecule is CCC(=S)C(=O)Oc1cccc(Cc2ccccc2)c1. The first-order chi connectivity index (χ1) is 9.69. The fourth-order valence-electron chi connectivity index (χ4n) is 1.86. The molecule has 2 aromatic rings. The van der Waals surface area contributed by atoms with Gasteiger partial charge in [-0.25, -0.2) is 4.79 Å². The standard InChI is InChI=1S/C17H16O2S/c1-2-16(20)17(18)19-15-10-6-9-14(12-15)11-13-7-4-3-5-8-13/h3-10,12H,2,11H2,1H3. The average molecular weight is 284 g/mol. The van der Waals surface area contributed by atoms with Crippen molar-refractivity contribution in [3.63, 3.8) is 0 Å². The summed E-state index contributed by atoms with van der Waals surface area (Å²) in [5.74, 6) is 0.110. The number of ether oxygens (including phenoxy) is 1. The summed E-state index contributed by atoms with van der Waals surface area (Å²) >= 11 is 4.94. The minimum absolute atomic E-state index is 0.318. The molecule has 0 saturated heterocycles. The van der Waals surface area contributed by atoms with Gasteiger partial charge >= 0.3 is 5.97 Å². The van der Waals surface area contributed by atoms with Crippen molar-refractivity contribution in [1.82, 2.24) is 0 Å². The molecule has 0 aromatic heterocycles. The fourth-order valence-corrected chi connectivity index (χ4v) is 1.90. The van der Waals surface area contributed by atoms with Crippen molar-refractivity contribution in [1.29, 1.82) is 0 Å². The third-order valence-electron chi connectivity index (χ3n) is 2.91. The highest BCUT2D eigenvalue weighted by Gasteiger charge is 2.10. The second kappa shape index (κ2) is 6.96. The van der Waals surface area contributed by atoms with Crippen LogP contribution in [0.1, 0.15) is 24.5 Å². The highest BCUT2D eigenvalue weighted by molar-refractivity contribution is 7.82. The summed E-state index contributed by atoms with van der Waals surface area (Å²) in [6.07, 6.45) is 1.34. The van der Waals surface area contributed by atoms with Gasteiger partial charge in [0.05, 0.1) is 0 Å². The predicted molar refractivity (Wildman–Crippen MR) is 84.2 cm³/mol. The molecular formula is C17H16O2S. The molecular weight excluding hydrogens is 268 g/mol. The molecule has 0 radical (unpaired) electrons. The Kier molecular flexibility index (Phi) is 5.02. The van der Waals surface area contributed by atoms with Crippen molar-refractivity contribution in [3.05, 3.63) is 65.7 Å². The van der Waals surface area contributed by atoms with Crippen molar-refractivity contribution < 1.29 is 9.53 Å². The molecule has 0 atom stereocenters. The molecule has 0 amide bonds. The third-order valence-corrected chi connectivity index (χ3v) is 3.36. The number of esters is 1. The largest absolute Gasteiger partial charge is 0.423 e. The number of thiocarbonyl (C=S) groups is 1. The van der Waals surface area contributed by atoms with E-state index in [-0.39, 0.29) is 0 Å². The predicted octanol–water partition coefficient (Wildman–Crippen LogP) is 3.96. The van der Waals surface area contributed by atoms with Gasteiger partial charge in [-0.1, -0.05) is 61.6 Å². The maximum Gasteiger partial charge on any atom is 0.350 e. The molecule has 2 nitrogen and oxygen atoms in total. The molecule has 0 aliphatic carbocycles. The molecule has 0 bridgehead atoms. The summed E-state index contributed by atoms with van der Waals surface area (Å²) in [4.78, 5) is 12.0. The fraction of sp³-hybridized carbons (Fsp3) is 0.176. The molecule has 102 valence electrons. The summed E-state index contributed by atoms with van der Waals surface area (Å²) in [7, 11) is 0. The van der Waals surface area contributed by atoms with E-state index in [1.165, 1.54) is 5.56 Å². The zero-order valence-electron chi connectivity index (χ0n) is 11.3. The van der Waals surface area contributed by atoms with Crippen LogP contribution in [0, 0.1) is 0 Å². The Labute approximate surface area is 124 Å². The lowest BCUT2D eigenvalue weighted by atomic mass is 10.1. The van der Waals surface area contributed by atoms with Crippen molar-refractivity contribution in [2.75, 3.05) is 0 Å². The van der Waals surface area contributed by atoms with Gasteiger partial charge in [0.1, 0.15) is 10.6 Å². The molecule has 0 unspecified atom stereocenters. The molecule has 0 fully saturated rings. The first kappa shape index (κ1) is 14.4. The maximum atomic E-state index is 11.6. The van der Waals surface area contributed by atoms with Crippen molar-refractivity contribution in [2.45, 2.75) is 19.8 Å². The van der Waals surface area contributed by atoms with Gasteiger partial charge in [-0.3, -0.25) is 0 Å². The van der Waals surface area contributed by atoms with Crippen LogP contribution < -0.4 is 4.74 Å². The summed E-state index contributed by atoms with van der Waals surface area (Å²) in [6, 6.07) is 17.7. The molecule has 20 heavy (non-hydrogen) atoms. The highest BCUT2D eigenvalue weighted by Crippen LogP contribution is 2.17. The van der Waals surface area contributed by atoms with Crippen LogP contribution in [-0.4, -0.2) is 10.8 Å². The minimum Gasteiger partial charge on any atom is -0.423 e. The van der Waals surface area contributed by atoms with Gasteiger partial charge in [-0.05, 0) is 36.1 Å². The molecule has 2 rings (SSSR count). The van der Waals surface area contributed by atoms with Gasteiger partial charge in [0.15, 0.2) is 0 Å². The Hall–Kier alpha value is -2.00. The first-order valence-electron chi connectivity index (χ1n) is 6.57. The van der Waals surface area contributed by atoms with E-state index in [2.05, 4.69) is 12.1 Å². The maximum absolute atomic E-state index is 11.6. The summed E-state index contributed by atoms with van der Waals surface area (Å²) in [5.41, 5.74) is 2.32. The summed E-state index contributed by atoms with van der Waals surface area (Å²) in [6.45, 7) is 1.84. The van der Waals surface area contributed by atoms with Crippen LogP contribution in [0.5, 0.6) is 5.75 Å². The minimum atomic E-state index is -0.431. The van der Waals surface area contributed by atoms with E-state index in [9.17, 15) is 4.79 Å². The number of hydrogen-bond acceptors (Lipinski definition) is 3. The zero-order valence-corrected chi connectivity index (χ0v) is 12.2. The molecule has 0 spiro atoms. The number of carbonyl (C=O) groups excluding carboxylic acids is 1. The second-order valence-electron chi connectivity index (χ2n) is 4.48. The van der Waals surface area contributed by atoms with Gasteiger partial charge in [-0.15, -0.1) is 0 Å². The number of hydrogen-bond donors (Lipinski definition) is 0. The molecule has 0 heterocycles. The third kappa shape index (κ3) is 4.00. The van der Waals surface area contributed by atoms with E-state index < -0.39 is 5.97 Å². The average Bonchev–Trinajstić information content (AvgIpc) is 2.47. The van der Waals surface area contributed by atoms with E-state index in [4.69, 9.17) is 17.0 Å². The van der Waals surface area contributed by atoms with Gasteiger partial charge in [0, 0.05) is 0 Å². The normalized spacial score (nSPS) is 10.1. The van der Waals surface area contributed by atoms with E-state index in [1.54, 1.807) is 6.07 Å². The number of carbonyl (C=O) groups is 1. The lowest BCUT2D eigenvalue weighted by molar-refractivity contribution is -0.126. The van der Waals surface area contributed by atoms with E-state index >= 15 is 0 Å². The molecule has 0 N–H and O–H groups in total. The summed E-state index contributed by atoms with van der Waals surface area (Å²) in [5, 5.41) is 0. The van der Waals surface area contributed by atoms with Crippen LogP contribution in [-0.2, 0) is 11.2 Å². The van der Waals surface area contributed by atoms with Gasteiger partial charge in [0.25, 0.3) is 0 Å². The Balaban J connectivity index is 2.08. The quantitative estimate of drug-likeness (QED) is 0.472. The van der Waals surface area contributed by atoms with Crippen LogP contribution in [0.2, 0.25) is 0 Å². The lowest BCUT2D eigenvalue weighted by Gasteiger charge is -2.07. The van der Waals surface area contributed by atoms with Crippen LogP contribution in [0.4, 0.5) is 0 Å². The Morgan fingerprint density at radius 2 is 1.75 bits per heavy atom. The van der Waals surface area contributed by atoms with Crippen LogP contribution in [0.3, 0.4) is 0 Å². The second-order valence-corrected chi connectivity index (χ2v) is 4.97. The van der Waals surface area contributed by atoms with Gasteiger partial charge in [-0.2, -0.15) is 0 Å². The first-order valence-corrected chi connectivity index (χ1v) is 6.97. The molecule has 0 aliphatic rings. The number of benzene rings is 2. The molecule has 2 aromatic carbocycles. The summed E-state index contributed by atoms with van der Waals surface area (Å²) < 4.78 is 5.27. The van der Waals surface area contributed by atoms with Crippen molar-refractivity contribution in [3.8, 4) is 5.75 Å². The van der Waals surface area contributed by atoms with Gasteiger partial charge in [0.2, 0.25) is 0 Å². The molecule has 0 aliphatic heterocycles. The van der Waals surface area contributed by atoms with Crippen LogP contribution in [0.25, 0.3) is 0 Å². The zero-order chi connectivity index (χ0) is 14.4. The monoisotopic (exact) mass is 284 g/mol. The lowest BCUT2D eigenvalue weighted by Crippen LogP contribution is -2.17. The van der Waals surface area contributed by atoms with Crippen molar-refractivity contribution in [2.24, 2.45) is 0 Å². The van der Waals surface area contributed by atoms with E-state index in [0.717, 1.165) is 12.0 Å².